The van der Waals surface area contributed by atoms with Gasteiger partial charge in [-0.15, -0.1) is 0 Å². The Balaban J connectivity index is 1.41. The number of amides is 1. The summed E-state index contributed by atoms with van der Waals surface area (Å²) < 4.78 is 22.4. The van der Waals surface area contributed by atoms with Crippen molar-refractivity contribution < 1.29 is 13.9 Å². The zero-order valence-corrected chi connectivity index (χ0v) is 19.6. The third-order valence-corrected chi connectivity index (χ3v) is 5.90. The van der Waals surface area contributed by atoms with Gasteiger partial charge in [-0.25, -0.2) is 9.07 Å². The molecule has 170 valence electrons. The van der Waals surface area contributed by atoms with Crippen molar-refractivity contribution in [3.63, 3.8) is 0 Å². The Kier molecular flexibility index (Phi) is 7.09. The van der Waals surface area contributed by atoms with Gasteiger partial charge in [0.15, 0.2) is 18.2 Å². The van der Waals surface area contributed by atoms with Crippen LogP contribution in [0.4, 0.5) is 10.2 Å². The maximum absolute atomic E-state index is 14.0. The molecular weight excluding hydrogens is 515 g/mol. The van der Waals surface area contributed by atoms with E-state index in [1.807, 2.05) is 0 Å². The zero-order valence-electron chi connectivity index (χ0n) is 16.6. The number of halogens is 5. The van der Waals surface area contributed by atoms with Crippen molar-refractivity contribution >= 4 is 58.1 Å². The van der Waals surface area contributed by atoms with E-state index in [0.717, 1.165) is 0 Å². The van der Waals surface area contributed by atoms with E-state index in [1.54, 1.807) is 30.5 Å². The Bertz CT molecular complexity index is 1300. The third-order valence-electron chi connectivity index (χ3n) is 4.47. The number of anilines is 1. The first-order valence-electron chi connectivity index (χ1n) is 9.39. The van der Waals surface area contributed by atoms with Crippen LogP contribution in [0.1, 0.15) is 16.1 Å². The smallest absolute Gasteiger partial charge is 0.277 e. The van der Waals surface area contributed by atoms with Gasteiger partial charge in [0.2, 0.25) is 0 Å². The second kappa shape index (κ2) is 10.0. The number of aromatic nitrogens is 4. The lowest BCUT2D eigenvalue weighted by molar-refractivity contribution is 0.101. The van der Waals surface area contributed by atoms with Gasteiger partial charge in [0.25, 0.3) is 5.91 Å². The van der Waals surface area contributed by atoms with Crippen LogP contribution in [0.25, 0.3) is 0 Å². The highest BCUT2D eigenvalue weighted by molar-refractivity contribution is 6.42. The van der Waals surface area contributed by atoms with Gasteiger partial charge in [-0.3, -0.25) is 9.48 Å². The van der Waals surface area contributed by atoms with Crippen molar-refractivity contribution in [2.75, 3.05) is 5.32 Å². The van der Waals surface area contributed by atoms with Gasteiger partial charge in [0.05, 0.1) is 11.6 Å². The summed E-state index contributed by atoms with van der Waals surface area (Å²) in [5, 5.41) is 12.0. The summed E-state index contributed by atoms with van der Waals surface area (Å²) in [7, 11) is 0. The third kappa shape index (κ3) is 5.42. The molecule has 0 bridgehead atoms. The number of rotatable bonds is 7. The Morgan fingerprint density at radius 2 is 1.73 bits per heavy atom. The first-order valence-corrected chi connectivity index (χ1v) is 10.9. The number of nitrogens with one attached hydrogen (secondary N) is 1. The quantitative estimate of drug-likeness (QED) is 0.311. The highest BCUT2D eigenvalue weighted by Gasteiger charge is 2.16. The average molecular weight is 529 g/mol. The van der Waals surface area contributed by atoms with E-state index in [4.69, 9.17) is 51.1 Å². The number of hydrogen-bond donors (Lipinski definition) is 1. The summed E-state index contributed by atoms with van der Waals surface area (Å²) in [5.74, 6) is -0.513. The second-order valence-corrected chi connectivity index (χ2v) is 8.34. The molecule has 0 fully saturated rings. The predicted molar refractivity (Wildman–Crippen MR) is 125 cm³/mol. The zero-order chi connectivity index (χ0) is 23.5. The summed E-state index contributed by atoms with van der Waals surface area (Å²) in [6.45, 7) is 0.0469. The highest BCUT2D eigenvalue weighted by Crippen LogP contribution is 2.31. The van der Waals surface area contributed by atoms with E-state index < -0.39 is 11.7 Å². The van der Waals surface area contributed by atoms with Crippen LogP contribution in [-0.2, 0) is 13.3 Å². The van der Waals surface area contributed by atoms with E-state index in [2.05, 4.69) is 15.5 Å². The van der Waals surface area contributed by atoms with E-state index in [1.165, 1.54) is 33.8 Å². The topological polar surface area (TPSA) is 74.0 Å². The van der Waals surface area contributed by atoms with Crippen molar-refractivity contribution in [1.82, 2.24) is 19.6 Å². The molecule has 0 atom stereocenters. The maximum atomic E-state index is 14.0. The monoisotopic (exact) mass is 527 g/mol. The molecule has 0 radical (unpaired) electrons. The Morgan fingerprint density at radius 3 is 2.52 bits per heavy atom. The van der Waals surface area contributed by atoms with Crippen LogP contribution in [0.15, 0.2) is 54.9 Å². The van der Waals surface area contributed by atoms with Gasteiger partial charge in [0.1, 0.15) is 21.6 Å². The molecule has 4 rings (SSSR count). The lowest BCUT2D eigenvalue weighted by atomic mass is 10.2. The Labute approximate surface area is 207 Å². The minimum atomic E-state index is -0.536. The van der Waals surface area contributed by atoms with Crippen molar-refractivity contribution in [3.05, 3.63) is 92.0 Å². The molecule has 0 aliphatic rings. The van der Waals surface area contributed by atoms with Gasteiger partial charge in [0, 0.05) is 23.0 Å². The van der Waals surface area contributed by atoms with Crippen LogP contribution in [-0.4, -0.2) is 25.5 Å². The van der Waals surface area contributed by atoms with Crippen LogP contribution in [0, 0.1) is 5.82 Å². The largest absolute Gasteiger partial charge is 0.470 e. The van der Waals surface area contributed by atoms with Crippen LogP contribution in [0.5, 0.6) is 5.75 Å². The van der Waals surface area contributed by atoms with Crippen LogP contribution >= 0.6 is 46.4 Å². The molecule has 1 amide bonds. The first kappa shape index (κ1) is 23.4. The number of hydrogen-bond acceptors (Lipinski definition) is 4. The molecule has 33 heavy (non-hydrogen) atoms. The van der Waals surface area contributed by atoms with Crippen LogP contribution in [0.2, 0.25) is 20.1 Å². The normalized spacial score (nSPS) is 10.9. The Morgan fingerprint density at radius 1 is 0.970 bits per heavy atom. The summed E-state index contributed by atoms with van der Waals surface area (Å²) >= 11 is 24.3. The van der Waals surface area contributed by atoms with E-state index in [-0.39, 0.29) is 45.4 Å². The minimum absolute atomic E-state index is 0.00608. The van der Waals surface area contributed by atoms with Gasteiger partial charge in [-0.1, -0.05) is 58.5 Å². The highest BCUT2D eigenvalue weighted by atomic mass is 35.5. The van der Waals surface area contributed by atoms with E-state index in [0.29, 0.717) is 10.8 Å². The van der Waals surface area contributed by atoms with E-state index >= 15 is 0 Å². The van der Waals surface area contributed by atoms with Gasteiger partial charge >= 0.3 is 0 Å². The summed E-state index contributed by atoms with van der Waals surface area (Å²) in [6.07, 6.45) is 3.02. The SMILES string of the molecule is O=C(Nc1nn(Cc2c(F)cccc2Cl)cc1Cl)c1ccn(COc2cccc(Cl)c2Cl)n1. The van der Waals surface area contributed by atoms with Crippen molar-refractivity contribution in [2.45, 2.75) is 13.3 Å². The fourth-order valence-electron chi connectivity index (χ4n) is 2.87. The molecule has 2 aromatic carbocycles. The number of nitrogens with zero attached hydrogens (tertiary/aromatic N) is 4. The second-order valence-electron chi connectivity index (χ2n) is 6.74. The van der Waals surface area contributed by atoms with Crippen molar-refractivity contribution in [3.8, 4) is 5.75 Å². The number of benzene rings is 2. The summed E-state index contributed by atoms with van der Waals surface area (Å²) in [6, 6.07) is 10.9. The van der Waals surface area contributed by atoms with Gasteiger partial charge in [-0.2, -0.15) is 10.2 Å². The molecule has 2 heterocycles. The molecular formula is C21H14Cl4FN5O2. The van der Waals surface area contributed by atoms with Crippen molar-refractivity contribution in [1.29, 1.82) is 0 Å². The molecule has 1 N–H and O–H groups in total. The summed E-state index contributed by atoms with van der Waals surface area (Å²) in [5.41, 5.74) is 0.369. The average Bonchev–Trinajstić information content (AvgIpc) is 3.39. The molecule has 0 aliphatic heterocycles. The fraction of sp³-hybridized carbons (Fsp3) is 0.0952. The molecule has 0 unspecified atom stereocenters. The molecule has 0 aliphatic carbocycles. The molecule has 4 aromatic rings. The van der Waals surface area contributed by atoms with E-state index in [9.17, 15) is 9.18 Å². The lowest BCUT2D eigenvalue weighted by Crippen LogP contribution is -2.15. The predicted octanol–water partition coefficient (Wildman–Crippen LogP) is 6.17. The number of carbonyl (C=O) groups is 1. The first-order chi connectivity index (χ1) is 15.8. The van der Waals surface area contributed by atoms with Gasteiger partial charge in [-0.05, 0) is 30.3 Å². The maximum Gasteiger partial charge on any atom is 0.277 e. The molecule has 0 spiro atoms. The van der Waals surface area contributed by atoms with Crippen molar-refractivity contribution in [2.24, 2.45) is 0 Å². The minimum Gasteiger partial charge on any atom is -0.470 e. The number of ether oxygens (including phenoxy) is 1. The molecule has 0 saturated heterocycles. The molecule has 12 heteroatoms. The Hall–Kier alpha value is -2.78. The molecule has 7 nitrogen and oxygen atoms in total. The molecule has 2 aromatic heterocycles. The van der Waals surface area contributed by atoms with Gasteiger partial charge < -0.3 is 10.1 Å². The fourth-order valence-corrected chi connectivity index (χ4v) is 3.63. The molecule has 0 saturated carbocycles. The summed E-state index contributed by atoms with van der Waals surface area (Å²) in [4.78, 5) is 12.6. The van der Waals surface area contributed by atoms with Crippen LogP contribution < -0.4 is 10.1 Å². The number of carbonyl (C=O) groups excluding carboxylic acids is 1. The standard InChI is InChI=1S/C21H14Cl4FN5O2/c22-13-3-1-5-16(26)12(13)9-31-10-15(24)20(29-31)27-21(32)17-7-8-30(28-17)11-33-18-6-2-4-14(23)19(18)25/h1-8,10H,9,11H2,(H,27,29,32). The lowest BCUT2D eigenvalue weighted by Gasteiger charge is -2.08. The van der Waals surface area contributed by atoms with Crippen LogP contribution in [0.3, 0.4) is 0 Å².